The second-order valence-electron chi connectivity index (χ2n) is 5.72. The zero-order valence-electron chi connectivity index (χ0n) is 14.6. The summed E-state index contributed by atoms with van der Waals surface area (Å²) in [5.74, 6) is -1.56. The highest BCUT2D eigenvalue weighted by molar-refractivity contribution is 7.89. The summed E-state index contributed by atoms with van der Waals surface area (Å²) in [6.07, 6.45) is -0.310. The standard InChI is InChI=1S/C17H20N2O6S/c1-10-6-4-5-7-12(10)14(9-15(20)21)19-17(22)13-8-16(25-11(13)2)26(23,24)18-3/h4-8,14,18H,9H2,1-3H3,(H,19,22)(H,20,21). The largest absolute Gasteiger partial charge is 0.481 e. The zero-order chi connectivity index (χ0) is 19.5. The summed E-state index contributed by atoms with van der Waals surface area (Å²) in [6, 6.07) is 7.48. The number of amides is 1. The predicted octanol–water partition coefficient (Wildman–Crippen LogP) is 1.75. The Morgan fingerprint density at radius 3 is 2.46 bits per heavy atom. The lowest BCUT2D eigenvalue weighted by atomic mass is 9.98. The second-order valence-corrected chi connectivity index (χ2v) is 7.54. The van der Waals surface area contributed by atoms with Gasteiger partial charge in [-0.15, -0.1) is 0 Å². The first-order valence-electron chi connectivity index (χ1n) is 7.78. The first-order chi connectivity index (χ1) is 12.2. The number of hydrogen-bond acceptors (Lipinski definition) is 5. The summed E-state index contributed by atoms with van der Waals surface area (Å²) in [6.45, 7) is 3.28. The smallest absolute Gasteiger partial charge is 0.305 e. The van der Waals surface area contributed by atoms with Gasteiger partial charge in [0.1, 0.15) is 5.76 Å². The highest BCUT2D eigenvalue weighted by Gasteiger charge is 2.25. The van der Waals surface area contributed by atoms with Gasteiger partial charge in [-0.3, -0.25) is 9.59 Å². The molecule has 2 aromatic rings. The Morgan fingerprint density at radius 1 is 1.23 bits per heavy atom. The van der Waals surface area contributed by atoms with Crippen molar-refractivity contribution >= 4 is 21.9 Å². The maximum Gasteiger partial charge on any atom is 0.305 e. The molecule has 1 heterocycles. The maximum absolute atomic E-state index is 12.6. The quantitative estimate of drug-likeness (QED) is 0.672. The van der Waals surface area contributed by atoms with Crippen LogP contribution in [0.2, 0.25) is 0 Å². The fourth-order valence-corrected chi connectivity index (χ4v) is 3.25. The molecule has 1 amide bonds. The summed E-state index contributed by atoms with van der Waals surface area (Å²) in [4.78, 5) is 23.8. The third-order valence-electron chi connectivity index (χ3n) is 3.92. The first-order valence-corrected chi connectivity index (χ1v) is 9.26. The highest BCUT2D eigenvalue weighted by Crippen LogP contribution is 2.23. The van der Waals surface area contributed by atoms with Crippen molar-refractivity contribution in [1.29, 1.82) is 0 Å². The molecule has 2 rings (SSSR count). The molecule has 0 saturated carbocycles. The monoisotopic (exact) mass is 380 g/mol. The van der Waals surface area contributed by atoms with E-state index < -0.39 is 27.9 Å². The minimum Gasteiger partial charge on any atom is -0.481 e. The Morgan fingerprint density at radius 2 is 1.88 bits per heavy atom. The molecule has 0 aliphatic heterocycles. The Hall–Kier alpha value is -2.65. The zero-order valence-corrected chi connectivity index (χ0v) is 15.4. The van der Waals surface area contributed by atoms with E-state index in [4.69, 9.17) is 9.52 Å². The van der Waals surface area contributed by atoms with Crippen molar-refractivity contribution in [3.05, 3.63) is 52.8 Å². The van der Waals surface area contributed by atoms with Gasteiger partial charge in [-0.05, 0) is 32.0 Å². The Bertz CT molecular complexity index is 932. The lowest BCUT2D eigenvalue weighted by molar-refractivity contribution is -0.137. The van der Waals surface area contributed by atoms with Crippen molar-refractivity contribution in [2.24, 2.45) is 0 Å². The van der Waals surface area contributed by atoms with Crippen molar-refractivity contribution in [3.63, 3.8) is 0 Å². The summed E-state index contributed by atoms with van der Waals surface area (Å²) >= 11 is 0. The van der Waals surface area contributed by atoms with Gasteiger partial charge in [0.2, 0.25) is 5.09 Å². The van der Waals surface area contributed by atoms with Crippen LogP contribution in [-0.4, -0.2) is 32.4 Å². The number of furan rings is 1. The van der Waals surface area contributed by atoms with Gasteiger partial charge in [-0.25, -0.2) is 13.1 Å². The normalized spacial score (nSPS) is 12.6. The topological polar surface area (TPSA) is 126 Å². The number of sulfonamides is 1. The van der Waals surface area contributed by atoms with Gasteiger partial charge in [0.15, 0.2) is 0 Å². The van der Waals surface area contributed by atoms with Crippen molar-refractivity contribution in [2.45, 2.75) is 31.4 Å². The SMILES string of the molecule is CNS(=O)(=O)c1cc(C(=O)NC(CC(=O)O)c2ccccc2C)c(C)o1. The van der Waals surface area contributed by atoms with E-state index in [0.717, 1.165) is 11.6 Å². The molecular weight excluding hydrogens is 360 g/mol. The number of aliphatic carboxylic acids is 1. The van der Waals surface area contributed by atoms with E-state index >= 15 is 0 Å². The molecule has 3 N–H and O–H groups in total. The van der Waals surface area contributed by atoms with Crippen LogP contribution in [0.25, 0.3) is 0 Å². The predicted molar refractivity (Wildman–Crippen MR) is 93.3 cm³/mol. The van der Waals surface area contributed by atoms with Crippen LogP contribution in [0.3, 0.4) is 0 Å². The molecule has 0 radical (unpaired) electrons. The van der Waals surface area contributed by atoms with Gasteiger partial charge in [-0.2, -0.15) is 0 Å². The molecule has 0 bridgehead atoms. The molecule has 140 valence electrons. The summed E-state index contributed by atoms with van der Waals surface area (Å²) in [7, 11) is -2.60. The highest BCUT2D eigenvalue weighted by atomic mass is 32.2. The number of carboxylic acids is 1. The van der Waals surface area contributed by atoms with E-state index in [1.807, 2.05) is 19.1 Å². The number of carbonyl (C=O) groups is 2. The number of carbonyl (C=O) groups excluding carboxylic acids is 1. The number of benzene rings is 1. The molecule has 0 spiro atoms. The molecule has 0 aliphatic carbocycles. The Kier molecular flexibility index (Phi) is 5.83. The molecule has 1 unspecified atom stereocenters. The van der Waals surface area contributed by atoms with E-state index in [1.54, 1.807) is 12.1 Å². The minimum absolute atomic E-state index is 0.0304. The van der Waals surface area contributed by atoms with E-state index in [-0.39, 0.29) is 22.8 Å². The van der Waals surface area contributed by atoms with Gasteiger partial charge in [0, 0.05) is 6.07 Å². The van der Waals surface area contributed by atoms with Crippen LogP contribution in [0.4, 0.5) is 0 Å². The van der Waals surface area contributed by atoms with Crippen molar-refractivity contribution in [1.82, 2.24) is 10.0 Å². The molecule has 0 aliphatic rings. The number of carboxylic acid groups (broad SMARTS) is 1. The van der Waals surface area contributed by atoms with Crippen LogP contribution in [-0.2, 0) is 14.8 Å². The van der Waals surface area contributed by atoms with Gasteiger partial charge in [0.05, 0.1) is 18.0 Å². The number of nitrogens with one attached hydrogen (secondary N) is 2. The third kappa shape index (κ3) is 4.30. The third-order valence-corrected chi connectivity index (χ3v) is 5.19. The van der Waals surface area contributed by atoms with Crippen LogP contribution in [0, 0.1) is 13.8 Å². The average molecular weight is 380 g/mol. The van der Waals surface area contributed by atoms with Crippen LogP contribution in [0.1, 0.15) is 39.7 Å². The Balaban J connectivity index is 2.33. The van der Waals surface area contributed by atoms with E-state index in [0.29, 0.717) is 5.56 Å². The lowest BCUT2D eigenvalue weighted by Crippen LogP contribution is -2.30. The molecule has 0 saturated heterocycles. The fourth-order valence-electron chi connectivity index (χ4n) is 2.54. The second kappa shape index (κ2) is 7.71. The van der Waals surface area contributed by atoms with Crippen molar-refractivity contribution in [3.8, 4) is 0 Å². The molecule has 1 aromatic heterocycles. The lowest BCUT2D eigenvalue weighted by Gasteiger charge is -2.19. The molecule has 1 atom stereocenters. The van der Waals surface area contributed by atoms with E-state index in [1.165, 1.54) is 14.0 Å². The molecule has 1 aromatic carbocycles. The van der Waals surface area contributed by atoms with Gasteiger partial charge in [0.25, 0.3) is 15.9 Å². The maximum atomic E-state index is 12.6. The van der Waals surface area contributed by atoms with Crippen molar-refractivity contribution in [2.75, 3.05) is 7.05 Å². The van der Waals surface area contributed by atoms with Crippen LogP contribution in [0.15, 0.2) is 39.8 Å². The summed E-state index contributed by atoms with van der Waals surface area (Å²) < 4.78 is 30.9. The van der Waals surface area contributed by atoms with Gasteiger partial charge >= 0.3 is 5.97 Å². The van der Waals surface area contributed by atoms with Crippen LogP contribution < -0.4 is 10.0 Å². The van der Waals surface area contributed by atoms with E-state index in [2.05, 4.69) is 10.0 Å². The summed E-state index contributed by atoms with van der Waals surface area (Å²) in [5, 5.41) is 11.4. The van der Waals surface area contributed by atoms with Crippen LogP contribution in [0.5, 0.6) is 0 Å². The fraction of sp³-hybridized carbons (Fsp3) is 0.294. The minimum atomic E-state index is -3.83. The molecular formula is C17H20N2O6S. The average Bonchev–Trinajstić information content (AvgIpc) is 2.97. The Labute approximate surface area is 151 Å². The number of aryl methyl sites for hydroxylation is 2. The van der Waals surface area contributed by atoms with E-state index in [9.17, 15) is 18.0 Å². The van der Waals surface area contributed by atoms with Crippen molar-refractivity contribution < 1.29 is 27.5 Å². The van der Waals surface area contributed by atoms with Gasteiger partial charge < -0.3 is 14.8 Å². The number of hydrogen-bond donors (Lipinski definition) is 3. The van der Waals surface area contributed by atoms with Gasteiger partial charge in [-0.1, -0.05) is 24.3 Å². The molecule has 0 fully saturated rings. The first kappa shape index (κ1) is 19.7. The van der Waals surface area contributed by atoms with Crippen LogP contribution >= 0.6 is 0 Å². The molecule has 26 heavy (non-hydrogen) atoms. The molecule has 9 heteroatoms. The number of rotatable bonds is 7. The molecule has 8 nitrogen and oxygen atoms in total. The summed E-state index contributed by atoms with van der Waals surface area (Å²) in [5.41, 5.74) is 1.54.